The van der Waals surface area contributed by atoms with E-state index in [1.807, 2.05) is 13.8 Å². The van der Waals surface area contributed by atoms with E-state index in [1.165, 1.54) is 7.11 Å². The first kappa shape index (κ1) is 16.8. The second-order valence-electron chi connectivity index (χ2n) is 5.51. The van der Waals surface area contributed by atoms with Crippen LogP contribution in [0.2, 0.25) is 0 Å². The highest BCUT2D eigenvalue weighted by molar-refractivity contribution is 5.98. The van der Waals surface area contributed by atoms with Gasteiger partial charge in [0.15, 0.2) is 0 Å². The van der Waals surface area contributed by atoms with E-state index in [4.69, 9.17) is 20.5 Å². The summed E-state index contributed by atoms with van der Waals surface area (Å²) in [6.45, 7) is 4.10. The molecule has 0 amide bonds. The minimum atomic E-state index is -0.482. The van der Waals surface area contributed by atoms with Crippen molar-refractivity contribution in [3.63, 3.8) is 0 Å². The van der Waals surface area contributed by atoms with Gasteiger partial charge >= 0.3 is 5.97 Å². The number of esters is 1. The van der Waals surface area contributed by atoms with Crippen LogP contribution in [0.5, 0.6) is 5.75 Å². The minimum Gasteiger partial charge on any atom is -0.496 e. The van der Waals surface area contributed by atoms with Crippen LogP contribution in [0.3, 0.4) is 0 Å². The van der Waals surface area contributed by atoms with Crippen LogP contribution in [0, 0.1) is 16.7 Å². The Bertz CT molecular complexity index is 533. The maximum Gasteiger partial charge on any atom is 0.344 e. The first-order chi connectivity index (χ1) is 9.91. The molecule has 0 unspecified atom stereocenters. The van der Waals surface area contributed by atoms with Crippen molar-refractivity contribution in [2.24, 2.45) is 5.41 Å². The predicted octanol–water partition coefficient (Wildman–Crippen LogP) is 3.15. The first-order valence-electron chi connectivity index (χ1n) is 6.92. The Labute approximate surface area is 125 Å². The number of carbonyl (C=O) groups excluding carboxylic acids is 1. The van der Waals surface area contributed by atoms with Gasteiger partial charge in [-0.15, -0.1) is 0 Å². The van der Waals surface area contributed by atoms with E-state index in [0.29, 0.717) is 24.5 Å². The van der Waals surface area contributed by atoms with Crippen molar-refractivity contribution in [1.82, 2.24) is 0 Å². The zero-order valence-electron chi connectivity index (χ0n) is 12.8. The minimum absolute atomic E-state index is 0.261. The van der Waals surface area contributed by atoms with E-state index in [0.717, 1.165) is 12.8 Å². The molecule has 5 heteroatoms. The SMILES string of the molecule is COc1cccc(N)c1C(=O)OCCCCC(C)(C)C#N. The van der Waals surface area contributed by atoms with Crippen molar-refractivity contribution >= 4 is 11.7 Å². The second-order valence-corrected chi connectivity index (χ2v) is 5.51. The molecule has 1 aromatic rings. The lowest BCUT2D eigenvalue weighted by molar-refractivity contribution is 0.0494. The molecule has 0 saturated carbocycles. The topological polar surface area (TPSA) is 85.3 Å². The number of unbranched alkanes of at least 4 members (excludes halogenated alkanes) is 1. The van der Waals surface area contributed by atoms with Gasteiger partial charge in [-0.05, 0) is 45.2 Å². The second kappa shape index (κ2) is 7.53. The van der Waals surface area contributed by atoms with Crippen molar-refractivity contribution < 1.29 is 14.3 Å². The van der Waals surface area contributed by atoms with Crippen LogP contribution >= 0.6 is 0 Å². The monoisotopic (exact) mass is 290 g/mol. The van der Waals surface area contributed by atoms with E-state index in [9.17, 15) is 4.79 Å². The highest BCUT2D eigenvalue weighted by Gasteiger charge is 2.18. The molecule has 0 heterocycles. The maximum atomic E-state index is 12.0. The molecule has 0 fully saturated rings. The average molecular weight is 290 g/mol. The number of nitrogens with zero attached hydrogens (tertiary/aromatic N) is 1. The van der Waals surface area contributed by atoms with Crippen LogP contribution in [-0.4, -0.2) is 19.7 Å². The number of nitriles is 1. The van der Waals surface area contributed by atoms with Crippen LogP contribution < -0.4 is 10.5 Å². The number of carbonyl (C=O) groups is 1. The van der Waals surface area contributed by atoms with Crippen molar-refractivity contribution in [3.05, 3.63) is 23.8 Å². The summed E-state index contributed by atoms with van der Waals surface area (Å²) in [6, 6.07) is 7.27. The van der Waals surface area contributed by atoms with Gasteiger partial charge in [0.05, 0.1) is 25.2 Å². The Morgan fingerprint density at radius 1 is 1.38 bits per heavy atom. The van der Waals surface area contributed by atoms with Crippen LogP contribution in [0.25, 0.3) is 0 Å². The third kappa shape index (κ3) is 4.99. The summed E-state index contributed by atoms with van der Waals surface area (Å²) in [5, 5.41) is 8.91. The Balaban J connectivity index is 2.47. The van der Waals surface area contributed by atoms with Gasteiger partial charge in [-0.25, -0.2) is 4.79 Å². The lowest BCUT2D eigenvalue weighted by Crippen LogP contribution is -2.12. The van der Waals surface area contributed by atoms with Crippen LogP contribution in [0.15, 0.2) is 18.2 Å². The van der Waals surface area contributed by atoms with E-state index in [2.05, 4.69) is 6.07 Å². The molecule has 1 rings (SSSR count). The zero-order valence-corrected chi connectivity index (χ0v) is 12.8. The summed E-state index contributed by atoms with van der Waals surface area (Å²) in [5.41, 5.74) is 6.05. The molecule has 2 N–H and O–H groups in total. The number of nitrogen functional groups attached to an aromatic ring is 1. The fourth-order valence-electron chi connectivity index (χ4n) is 1.90. The number of methoxy groups -OCH3 is 1. The summed E-state index contributed by atoms with van der Waals surface area (Å²) in [4.78, 5) is 12.0. The Morgan fingerprint density at radius 2 is 2.10 bits per heavy atom. The van der Waals surface area contributed by atoms with Crippen LogP contribution in [0.4, 0.5) is 5.69 Å². The molecule has 0 aliphatic carbocycles. The van der Waals surface area contributed by atoms with Crippen molar-refractivity contribution in [2.45, 2.75) is 33.1 Å². The third-order valence-electron chi connectivity index (χ3n) is 3.21. The quantitative estimate of drug-likeness (QED) is 0.473. The molecule has 5 nitrogen and oxygen atoms in total. The van der Waals surface area contributed by atoms with Gasteiger partial charge in [0, 0.05) is 5.69 Å². The number of nitrogens with two attached hydrogens (primary N) is 1. The molecule has 0 saturated heterocycles. The molecular formula is C16H22N2O3. The van der Waals surface area contributed by atoms with E-state index >= 15 is 0 Å². The molecular weight excluding hydrogens is 268 g/mol. The summed E-state index contributed by atoms with van der Waals surface area (Å²) in [7, 11) is 1.48. The molecule has 0 radical (unpaired) electrons. The van der Waals surface area contributed by atoms with Gasteiger partial charge in [0.1, 0.15) is 11.3 Å². The van der Waals surface area contributed by atoms with Crippen LogP contribution in [0.1, 0.15) is 43.5 Å². The molecule has 0 atom stereocenters. The summed E-state index contributed by atoms with van der Waals surface area (Å²) < 4.78 is 10.3. The molecule has 21 heavy (non-hydrogen) atoms. The van der Waals surface area contributed by atoms with Crippen molar-refractivity contribution in [2.75, 3.05) is 19.5 Å². The van der Waals surface area contributed by atoms with Crippen LogP contribution in [-0.2, 0) is 4.74 Å². The first-order valence-corrected chi connectivity index (χ1v) is 6.92. The number of anilines is 1. The summed E-state index contributed by atoms with van der Waals surface area (Å²) >= 11 is 0. The molecule has 0 aliphatic rings. The number of hydrogen-bond donors (Lipinski definition) is 1. The smallest absolute Gasteiger partial charge is 0.344 e. The Hall–Kier alpha value is -2.22. The Kier molecular flexibility index (Phi) is 6.04. The lowest BCUT2D eigenvalue weighted by Gasteiger charge is -2.14. The molecule has 0 spiro atoms. The van der Waals surface area contributed by atoms with Gasteiger partial charge in [-0.3, -0.25) is 0 Å². The molecule has 0 bridgehead atoms. The van der Waals surface area contributed by atoms with Crippen molar-refractivity contribution in [3.8, 4) is 11.8 Å². The van der Waals surface area contributed by atoms with E-state index in [1.54, 1.807) is 18.2 Å². The van der Waals surface area contributed by atoms with E-state index in [-0.39, 0.29) is 11.0 Å². The van der Waals surface area contributed by atoms with Gasteiger partial charge in [-0.1, -0.05) is 6.07 Å². The highest BCUT2D eigenvalue weighted by atomic mass is 16.5. The van der Waals surface area contributed by atoms with E-state index < -0.39 is 5.97 Å². The molecule has 0 aliphatic heterocycles. The number of rotatable bonds is 7. The maximum absolute atomic E-state index is 12.0. The highest BCUT2D eigenvalue weighted by Crippen LogP contribution is 2.25. The summed E-state index contributed by atoms with van der Waals surface area (Å²) in [6.07, 6.45) is 2.32. The lowest BCUT2D eigenvalue weighted by atomic mass is 9.89. The number of hydrogen-bond acceptors (Lipinski definition) is 5. The van der Waals surface area contributed by atoms with Gasteiger partial charge in [0.25, 0.3) is 0 Å². The molecule has 0 aromatic heterocycles. The molecule has 114 valence electrons. The number of ether oxygens (including phenoxy) is 2. The normalized spacial score (nSPS) is 10.8. The molecule has 1 aromatic carbocycles. The largest absolute Gasteiger partial charge is 0.496 e. The third-order valence-corrected chi connectivity index (χ3v) is 3.21. The fourth-order valence-corrected chi connectivity index (χ4v) is 1.90. The standard InChI is InChI=1S/C16H22N2O3/c1-16(2,11-17)9-4-5-10-21-15(19)14-12(18)7-6-8-13(14)20-3/h6-8H,4-5,9-10,18H2,1-3H3. The number of benzene rings is 1. The summed E-state index contributed by atoms with van der Waals surface area (Å²) in [5.74, 6) is -0.0740. The van der Waals surface area contributed by atoms with Gasteiger partial charge in [0.2, 0.25) is 0 Å². The predicted molar refractivity (Wildman–Crippen MR) is 80.9 cm³/mol. The zero-order chi connectivity index (χ0) is 15.9. The average Bonchev–Trinajstić information content (AvgIpc) is 2.46. The van der Waals surface area contributed by atoms with Gasteiger partial charge in [-0.2, -0.15) is 5.26 Å². The Morgan fingerprint density at radius 3 is 2.71 bits per heavy atom. The van der Waals surface area contributed by atoms with Gasteiger partial charge < -0.3 is 15.2 Å². The van der Waals surface area contributed by atoms with Crippen molar-refractivity contribution in [1.29, 1.82) is 5.26 Å². The fraction of sp³-hybridized carbons (Fsp3) is 0.500.